The molecule has 1 amide bonds. The van der Waals surface area contributed by atoms with E-state index in [1.165, 1.54) is 12.1 Å². The Labute approximate surface area is 124 Å². The number of nitrogens with one attached hydrogen (secondary N) is 2. The lowest BCUT2D eigenvalue weighted by molar-refractivity contribution is 0.0919. The zero-order chi connectivity index (χ0) is 16.3. The Bertz CT molecular complexity index is 649. The standard InChI is InChI=1S/C14H19FN2O3S/c1-5-8-16-21(19,20)12-9-10(6-7-11(12)15)13(18)17-14(2,3)4/h5-7,9,16H,1,8H2,2-4H3,(H,17,18). The van der Waals surface area contributed by atoms with Crippen LogP contribution in [0.5, 0.6) is 0 Å². The molecule has 7 heteroatoms. The summed E-state index contributed by atoms with van der Waals surface area (Å²) in [7, 11) is -4.03. The smallest absolute Gasteiger partial charge is 0.251 e. The molecule has 0 heterocycles. The second-order valence-electron chi connectivity index (χ2n) is 5.49. The monoisotopic (exact) mass is 314 g/mol. The largest absolute Gasteiger partial charge is 0.347 e. The Balaban J connectivity index is 3.16. The third-order valence-electron chi connectivity index (χ3n) is 2.39. The molecule has 0 aromatic heterocycles. The van der Waals surface area contributed by atoms with Crippen molar-refractivity contribution in [3.8, 4) is 0 Å². The van der Waals surface area contributed by atoms with Gasteiger partial charge in [0.1, 0.15) is 10.7 Å². The minimum absolute atomic E-state index is 0.0276. The molecule has 0 bridgehead atoms. The Hall–Kier alpha value is -1.73. The van der Waals surface area contributed by atoms with E-state index in [4.69, 9.17) is 0 Å². The molecule has 21 heavy (non-hydrogen) atoms. The normalized spacial score (nSPS) is 12.0. The van der Waals surface area contributed by atoms with Gasteiger partial charge in [-0.05, 0) is 39.0 Å². The van der Waals surface area contributed by atoms with Gasteiger partial charge in [-0.3, -0.25) is 4.79 Å². The Morgan fingerprint density at radius 2 is 2.00 bits per heavy atom. The summed E-state index contributed by atoms with van der Waals surface area (Å²) in [5.74, 6) is -1.39. The van der Waals surface area contributed by atoms with Crippen LogP contribution in [-0.2, 0) is 10.0 Å². The first-order valence-electron chi connectivity index (χ1n) is 6.29. The maximum absolute atomic E-state index is 13.7. The summed E-state index contributed by atoms with van der Waals surface area (Å²) >= 11 is 0. The molecule has 1 rings (SSSR count). The van der Waals surface area contributed by atoms with Crippen LogP contribution in [0.25, 0.3) is 0 Å². The fourth-order valence-corrected chi connectivity index (χ4v) is 2.61. The molecule has 116 valence electrons. The van der Waals surface area contributed by atoms with Crippen LogP contribution in [0.3, 0.4) is 0 Å². The van der Waals surface area contributed by atoms with Gasteiger partial charge in [-0.25, -0.2) is 17.5 Å². The fourth-order valence-electron chi connectivity index (χ4n) is 1.51. The van der Waals surface area contributed by atoms with E-state index in [1.807, 2.05) is 0 Å². The molecular weight excluding hydrogens is 295 g/mol. The maximum Gasteiger partial charge on any atom is 0.251 e. The highest BCUT2D eigenvalue weighted by Gasteiger charge is 2.22. The molecular formula is C14H19FN2O3S. The number of halogens is 1. The van der Waals surface area contributed by atoms with Gasteiger partial charge in [-0.1, -0.05) is 6.08 Å². The summed E-state index contributed by atoms with van der Waals surface area (Å²) in [5.41, 5.74) is -0.406. The molecule has 0 saturated heterocycles. The lowest BCUT2D eigenvalue weighted by atomic mass is 10.1. The molecule has 2 N–H and O–H groups in total. The number of benzene rings is 1. The first kappa shape index (κ1) is 17.3. The first-order chi connectivity index (χ1) is 9.57. The highest BCUT2D eigenvalue weighted by atomic mass is 32.2. The van der Waals surface area contributed by atoms with Crippen molar-refractivity contribution in [2.24, 2.45) is 0 Å². The number of carbonyl (C=O) groups is 1. The molecule has 0 saturated carbocycles. The van der Waals surface area contributed by atoms with Gasteiger partial charge in [0.2, 0.25) is 10.0 Å². The topological polar surface area (TPSA) is 75.3 Å². The van der Waals surface area contributed by atoms with E-state index < -0.39 is 32.2 Å². The quantitative estimate of drug-likeness (QED) is 0.814. The average molecular weight is 314 g/mol. The van der Waals surface area contributed by atoms with Crippen molar-refractivity contribution in [3.05, 3.63) is 42.2 Å². The molecule has 0 atom stereocenters. The molecule has 1 aromatic rings. The number of rotatable bonds is 5. The van der Waals surface area contributed by atoms with Gasteiger partial charge >= 0.3 is 0 Å². The average Bonchev–Trinajstić information content (AvgIpc) is 2.34. The van der Waals surface area contributed by atoms with Crippen molar-refractivity contribution in [2.75, 3.05) is 6.54 Å². The van der Waals surface area contributed by atoms with Crippen molar-refractivity contribution in [1.82, 2.24) is 10.0 Å². The SMILES string of the molecule is C=CCNS(=O)(=O)c1cc(C(=O)NC(C)(C)C)ccc1F. The van der Waals surface area contributed by atoms with Crippen molar-refractivity contribution < 1.29 is 17.6 Å². The van der Waals surface area contributed by atoms with Gasteiger partial charge in [-0.15, -0.1) is 6.58 Å². The van der Waals surface area contributed by atoms with Gasteiger partial charge in [0, 0.05) is 17.6 Å². The number of hydrogen-bond donors (Lipinski definition) is 2. The van der Waals surface area contributed by atoms with E-state index in [0.717, 1.165) is 12.1 Å². The highest BCUT2D eigenvalue weighted by molar-refractivity contribution is 7.89. The third-order valence-corrected chi connectivity index (χ3v) is 3.83. The number of sulfonamides is 1. The summed E-state index contributed by atoms with van der Waals surface area (Å²) in [5, 5.41) is 2.68. The first-order valence-corrected chi connectivity index (χ1v) is 7.78. The van der Waals surface area contributed by atoms with Crippen LogP contribution >= 0.6 is 0 Å². The van der Waals surface area contributed by atoms with Crippen LogP contribution in [0, 0.1) is 5.82 Å². The van der Waals surface area contributed by atoms with Crippen LogP contribution < -0.4 is 10.0 Å². The molecule has 1 aromatic carbocycles. The predicted molar refractivity (Wildman–Crippen MR) is 79.0 cm³/mol. The maximum atomic E-state index is 13.7. The minimum atomic E-state index is -4.03. The zero-order valence-corrected chi connectivity index (χ0v) is 13.1. The summed E-state index contributed by atoms with van der Waals surface area (Å²) in [6.45, 7) is 8.72. The lowest BCUT2D eigenvalue weighted by Gasteiger charge is -2.20. The fraction of sp³-hybridized carbons (Fsp3) is 0.357. The lowest BCUT2D eigenvalue weighted by Crippen LogP contribution is -2.40. The van der Waals surface area contributed by atoms with Gasteiger partial charge in [0.25, 0.3) is 5.91 Å². The van der Waals surface area contributed by atoms with Crippen molar-refractivity contribution >= 4 is 15.9 Å². The molecule has 0 spiro atoms. The summed E-state index contributed by atoms with van der Waals surface area (Å²) in [6.07, 6.45) is 1.34. The van der Waals surface area contributed by atoms with Crippen LogP contribution in [0.15, 0.2) is 35.7 Å². The van der Waals surface area contributed by atoms with Crippen LogP contribution in [0.2, 0.25) is 0 Å². The van der Waals surface area contributed by atoms with E-state index >= 15 is 0 Å². The van der Waals surface area contributed by atoms with Crippen molar-refractivity contribution in [1.29, 1.82) is 0 Å². The minimum Gasteiger partial charge on any atom is -0.347 e. The third kappa shape index (κ3) is 4.95. The second-order valence-corrected chi connectivity index (χ2v) is 7.23. The van der Waals surface area contributed by atoms with E-state index in [1.54, 1.807) is 20.8 Å². The summed E-state index contributed by atoms with van der Waals surface area (Å²) in [4.78, 5) is 11.4. The molecule has 0 fully saturated rings. The molecule has 0 aliphatic rings. The van der Waals surface area contributed by atoms with Crippen LogP contribution in [0.4, 0.5) is 4.39 Å². The van der Waals surface area contributed by atoms with Gasteiger partial charge in [0.05, 0.1) is 0 Å². The Morgan fingerprint density at radius 3 is 2.52 bits per heavy atom. The van der Waals surface area contributed by atoms with E-state index in [-0.39, 0.29) is 12.1 Å². The molecule has 5 nitrogen and oxygen atoms in total. The summed E-state index contributed by atoms with van der Waals surface area (Å²) in [6, 6.07) is 3.21. The predicted octanol–water partition coefficient (Wildman–Crippen LogP) is 1.82. The van der Waals surface area contributed by atoms with Crippen molar-refractivity contribution in [2.45, 2.75) is 31.2 Å². The number of carbonyl (C=O) groups excluding carboxylic acids is 1. The van der Waals surface area contributed by atoms with Crippen LogP contribution in [-0.4, -0.2) is 26.4 Å². The van der Waals surface area contributed by atoms with E-state index in [0.29, 0.717) is 0 Å². The number of amides is 1. The Morgan fingerprint density at radius 1 is 1.38 bits per heavy atom. The second kappa shape index (κ2) is 6.36. The zero-order valence-electron chi connectivity index (χ0n) is 12.2. The van der Waals surface area contributed by atoms with E-state index in [2.05, 4.69) is 16.6 Å². The molecule has 0 aliphatic carbocycles. The van der Waals surface area contributed by atoms with Gasteiger partial charge in [-0.2, -0.15) is 0 Å². The van der Waals surface area contributed by atoms with Gasteiger partial charge in [0.15, 0.2) is 0 Å². The molecule has 0 unspecified atom stereocenters. The molecule has 0 radical (unpaired) electrons. The van der Waals surface area contributed by atoms with Gasteiger partial charge < -0.3 is 5.32 Å². The molecule has 0 aliphatic heterocycles. The number of hydrogen-bond acceptors (Lipinski definition) is 3. The summed E-state index contributed by atoms with van der Waals surface area (Å²) < 4.78 is 39.8. The van der Waals surface area contributed by atoms with Crippen molar-refractivity contribution in [3.63, 3.8) is 0 Å². The highest BCUT2D eigenvalue weighted by Crippen LogP contribution is 2.17. The Kier molecular flexibility index (Phi) is 5.25. The van der Waals surface area contributed by atoms with Crippen LogP contribution in [0.1, 0.15) is 31.1 Å². The van der Waals surface area contributed by atoms with E-state index in [9.17, 15) is 17.6 Å².